The molecule has 9 heteroatoms. The van der Waals surface area contributed by atoms with Crippen LogP contribution < -0.4 is 4.74 Å². The van der Waals surface area contributed by atoms with Crippen LogP contribution in [0.5, 0.6) is 5.75 Å². The standard InChI is InChI=1S/C17H17F3N2O4/c1-10-7-12(22-6-5-15(21-22)17(18,19)20)8-13(11(10)2)26-14(9-24-3)16(23)25-4/h5-9H,1-4H3/b14-9-. The van der Waals surface area contributed by atoms with Crippen LogP contribution in [0.15, 0.2) is 36.4 Å². The Hall–Kier alpha value is -2.97. The number of rotatable bonds is 5. The predicted octanol–water partition coefficient (Wildman–Crippen LogP) is 3.55. The van der Waals surface area contributed by atoms with E-state index in [1.807, 2.05) is 0 Å². The number of halogens is 3. The van der Waals surface area contributed by atoms with Crippen LogP contribution in [0.1, 0.15) is 16.8 Å². The van der Waals surface area contributed by atoms with Gasteiger partial charge in [0.15, 0.2) is 5.69 Å². The molecule has 26 heavy (non-hydrogen) atoms. The summed E-state index contributed by atoms with van der Waals surface area (Å²) in [5.74, 6) is -0.698. The zero-order valence-electron chi connectivity index (χ0n) is 14.5. The Morgan fingerprint density at radius 2 is 1.92 bits per heavy atom. The summed E-state index contributed by atoms with van der Waals surface area (Å²) in [5.41, 5.74) is 0.777. The minimum Gasteiger partial charge on any atom is -0.500 e. The van der Waals surface area contributed by atoms with Gasteiger partial charge in [-0.05, 0) is 37.1 Å². The fourth-order valence-corrected chi connectivity index (χ4v) is 2.11. The molecule has 0 fully saturated rings. The molecule has 0 spiro atoms. The molecule has 0 aliphatic rings. The number of ether oxygens (including phenoxy) is 3. The Balaban J connectivity index is 2.45. The van der Waals surface area contributed by atoms with Gasteiger partial charge in [0, 0.05) is 12.3 Å². The summed E-state index contributed by atoms with van der Waals surface area (Å²) in [6.07, 6.45) is -2.27. The van der Waals surface area contributed by atoms with E-state index in [9.17, 15) is 18.0 Å². The van der Waals surface area contributed by atoms with Crippen LogP contribution >= 0.6 is 0 Å². The summed E-state index contributed by atoms with van der Waals surface area (Å²) in [7, 11) is 2.52. The highest BCUT2D eigenvalue weighted by molar-refractivity contribution is 5.86. The minimum absolute atomic E-state index is 0.203. The van der Waals surface area contributed by atoms with Crippen LogP contribution in [0.4, 0.5) is 13.2 Å². The molecule has 2 aromatic rings. The molecular weight excluding hydrogens is 353 g/mol. The van der Waals surface area contributed by atoms with Gasteiger partial charge >= 0.3 is 12.1 Å². The van der Waals surface area contributed by atoms with E-state index in [1.54, 1.807) is 19.9 Å². The number of carbonyl (C=O) groups excluding carboxylic acids is 1. The number of hydrogen-bond donors (Lipinski definition) is 0. The molecule has 6 nitrogen and oxygen atoms in total. The van der Waals surface area contributed by atoms with Crippen molar-refractivity contribution in [3.8, 4) is 11.4 Å². The quantitative estimate of drug-likeness (QED) is 0.458. The van der Waals surface area contributed by atoms with Crippen molar-refractivity contribution >= 4 is 5.97 Å². The van der Waals surface area contributed by atoms with Crippen LogP contribution in [0, 0.1) is 13.8 Å². The zero-order chi connectivity index (χ0) is 19.5. The van der Waals surface area contributed by atoms with Crippen molar-refractivity contribution in [1.82, 2.24) is 9.78 Å². The van der Waals surface area contributed by atoms with Gasteiger partial charge in [-0.1, -0.05) is 0 Å². The third-order valence-corrected chi connectivity index (χ3v) is 3.58. The Kier molecular flexibility index (Phi) is 5.59. The highest BCUT2D eigenvalue weighted by Gasteiger charge is 2.33. The van der Waals surface area contributed by atoms with E-state index in [1.165, 1.54) is 26.5 Å². The summed E-state index contributed by atoms with van der Waals surface area (Å²) in [6.45, 7) is 3.51. The lowest BCUT2D eigenvalue weighted by Gasteiger charge is -2.14. The van der Waals surface area contributed by atoms with Gasteiger partial charge in [0.1, 0.15) is 12.0 Å². The number of hydrogen-bond acceptors (Lipinski definition) is 5. The second kappa shape index (κ2) is 7.51. The topological polar surface area (TPSA) is 62.6 Å². The van der Waals surface area contributed by atoms with E-state index in [2.05, 4.69) is 9.84 Å². The maximum absolute atomic E-state index is 12.8. The van der Waals surface area contributed by atoms with Gasteiger partial charge in [0.2, 0.25) is 5.76 Å². The summed E-state index contributed by atoms with van der Waals surface area (Å²) < 4.78 is 54.3. The molecule has 1 aromatic carbocycles. The molecule has 0 radical (unpaired) electrons. The normalized spacial score (nSPS) is 12.0. The number of carbonyl (C=O) groups is 1. The first-order valence-corrected chi connectivity index (χ1v) is 7.41. The molecule has 0 atom stereocenters. The number of aromatic nitrogens is 2. The average Bonchev–Trinajstić information content (AvgIpc) is 3.07. The first-order valence-electron chi connectivity index (χ1n) is 7.41. The van der Waals surface area contributed by atoms with Gasteiger partial charge in [-0.15, -0.1) is 0 Å². The van der Waals surface area contributed by atoms with Crippen LogP contribution in [-0.2, 0) is 20.4 Å². The van der Waals surface area contributed by atoms with Crippen molar-refractivity contribution in [2.24, 2.45) is 0 Å². The summed E-state index contributed by atoms with van der Waals surface area (Å²) >= 11 is 0. The lowest BCUT2D eigenvalue weighted by atomic mass is 10.1. The first kappa shape index (κ1) is 19.4. The van der Waals surface area contributed by atoms with E-state index in [0.717, 1.165) is 22.6 Å². The molecule has 0 unspecified atom stereocenters. The molecule has 1 heterocycles. The van der Waals surface area contributed by atoms with Crippen molar-refractivity contribution in [2.45, 2.75) is 20.0 Å². The maximum Gasteiger partial charge on any atom is 0.435 e. The number of methoxy groups -OCH3 is 2. The fraction of sp³-hybridized carbons (Fsp3) is 0.294. The predicted molar refractivity (Wildman–Crippen MR) is 85.8 cm³/mol. The largest absolute Gasteiger partial charge is 0.500 e. The van der Waals surface area contributed by atoms with Gasteiger partial charge < -0.3 is 14.2 Å². The Labute approximate surface area is 147 Å². The lowest BCUT2D eigenvalue weighted by Crippen LogP contribution is -2.12. The van der Waals surface area contributed by atoms with Crippen molar-refractivity contribution < 1.29 is 32.2 Å². The fourth-order valence-electron chi connectivity index (χ4n) is 2.11. The summed E-state index contributed by atoms with van der Waals surface area (Å²) in [5, 5.41) is 3.54. The highest BCUT2D eigenvalue weighted by Crippen LogP contribution is 2.30. The molecule has 0 saturated heterocycles. The molecule has 2 rings (SSSR count). The first-order chi connectivity index (χ1) is 12.2. The highest BCUT2D eigenvalue weighted by atomic mass is 19.4. The molecular formula is C17H17F3N2O4. The molecule has 1 aromatic heterocycles. The van der Waals surface area contributed by atoms with Crippen LogP contribution in [0.25, 0.3) is 5.69 Å². The number of aryl methyl sites for hydroxylation is 1. The van der Waals surface area contributed by atoms with Gasteiger partial charge in [0.25, 0.3) is 0 Å². The maximum atomic E-state index is 12.8. The molecule has 140 valence electrons. The third-order valence-electron chi connectivity index (χ3n) is 3.58. The van der Waals surface area contributed by atoms with E-state index < -0.39 is 17.8 Å². The molecule has 0 amide bonds. The monoisotopic (exact) mass is 370 g/mol. The van der Waals surface area contributed by atoms with E-state index in [-0.39, 0.29) is 11.5 Å². The van der Waals surface area contributed by atoms with Crippen molar-refractivity contribution in [2.75, 3.05) is 14.2 Å². The SMILES string of the molecule is CO/C=C(\Oc1cc(-n2ccc(C(F)(F)F)n2)cc(C)c1C)C(=O)OC. The van der Waals surface area contributed by atoms with Gasteiger partial charge in [-0.3, -0.25) is 0 Å². The minimum atomic E-state index is -4.54. The van der Waals surface area contributed by atoms with Crippen LogP contribution in [0.2, 0.25) is 0 Å². The Bertz CT molecular complexity index is 841. The Morgan fingerprint density at radius 1 is 1.23 bits per heavy atom. The smallest absolute Gasteiger partial charge is 0.435 e. The number of alkyl halides is 3. The zero-order valence-corrected chi connectivity index (χ0v) is 14.5. The van der Waals surface area contributed by atoms with E-state index >= 15 is 0 Å². The Morgan fingerprint density at radius 3 is 2.46 bits per heavy atom. The molecule has 0 aliphatic carbocycles. The lowest BCUT2D eigenvalue weighted by molar-refractivity contribution is -0.141. The molecule has 0 saturated carbocycles. The second-order valence-corrected chi connectivity index (χ2v) is 5.34. The van der Waals surface area contributed by atoms with E-state index in [4.69, 9.17) is 9.47 Å². The van der Waals surface area contributed by atoms with Crippen molar-refractivity contribution in [1.29, 1.82) is 0 Å². The molecule has 0 bridgehead atoms. The number of esters is 1. The summed E-state index contributed by atoms with van der Waals surface area (Å²) in [6, 6.07) is 4.01. The van der Waals surface area contributed by atoms with Crippen LogP contribution in [-0.4, -0.2) is 30.0 Å². The van der Waals surface area contributed by atoms with Gasteiger partial charge in [-0.2, -0.15) is 18.3 Å². The average molecular weight is 370 g/mol. The molecule has 0 aliphatic heterocycles. The number of nitrogens with zero attached hydrogens (tertiary/aromatic N) is 2. The number of benzene rings is 1. The third kappa shape index (κ3) is 4.16. The van der Waals surface area contributed by atoms with Crippen LogP contribution in [0.3, 0.4) is 0 Å². The van der Waals surface area contributed by atoms with Gasteiger partial charge in [0.05, 0.1) is 19.9 Å². The van der Waals surface area contributed by atoms with Crippen molar-refractivity contribution in [3.05, 3.63) is 53.2 Å². The summed E-state index contributed by atoms with van der Waals surface area (Å²) in [4.78, 5) is 11.7. The molecule has 0 N–H and O–H groups in total. The van der Waals surface area contributed by atoms with Gasteiger partial charge in [-0.25, -0.2) is 9.48 Å². The second-order valence-electron chi connectivity index (χ2n) is 5.34. The van der Waals surface area contributed by atoms with Crippen molar-refractivity contribution in [3.63, 3.8) is 0 Å². The van der Waals surface area contributed by atoms with E-state index in [0.29, 0.717) is 11.3 Å².